The van der Waals surface area contributed by atoms with Crippen LogP contribution < -0.4 is 9.47 Å². The summed E-state index contributed by atoms with van der Waals surface area (Å²) >= 11 is 7.27. The quantitative estimate of drug-likeness (QED) is 0.261. The lowest BCUT2D eigenvalue weighted by Gasteiger charge is -2.15. The minimum Gasteiger partial charge on any atom is -0.493 e. The Kier molecular flexibility index (Phi) is 7.86. The number of amides is 2. The van der Waals surface area contributed by atoms with Gasteiger partial charge >= 0.3 is 5.97 Å². The number of hydrogen-bond donors (Lipinski definition) is 0. The largest absolute Gasteiger partial charge is 0.493 e. The molecule has 3 aromatic rings. The van der Waals surface area contributed by atoms with Crippen LogP contribution in [-0.4, -0.2) is 41.8 Å². The molecule has 2 amide bonds. The van der Waals surface area contributed by atoms with Crippen LogP contribution in [0, 0.1) is 0 Å². The average molecular weight is 526 g/mol. The number of esters is 1. The summed E-state index contributed by atoms with van der Waals surface area (Å²) < 4.78 is 16.6. The number of fused-ring (bicyclic) bond motifs is 1. The third-order valence-electron chi connectivity index (χ3n) is 5.33. The highest BCUT2D eigenvalue weighted by Crippen LogP contribution is 2.39. The van der Waals surface area contributed by atoms with Crippen molar-refractivity contribution in [1.29, 1.82) is 0 Å². The van der Waals surface area contributed by atoms with E-state index in [1.165, 1.54) is 13.2 Å². The third kappa shape index (κ3) is 5.66. The second-order valence-electron chi connectivity index (χ2n) is 8.27. The van der Waals surface area contributed by atoms with E-state index in [-0.39, 0.29) is 17.6 Å². The lowest BCUT2D eigenvalue weighted by Crippen LogP contribution is -2.35. The van der Waals surface area contributed by atoms with Gasteiger partial charge in [0.25, 0.3) is 11.1 Å². The lowest BCUT2D eigenvalue weighted by molar-refractivity contribution is -0.149. The monoisotopic (exact) mass is 525 g/mol. The molecule has 1 saturated heterocycles. The Morgan fingerprint density at radius 1 is 1.11 bits per heavy atom. The molecule has 36 heavy (non-hydrogen) atoms. The molecular weight excluding hydrogens is 502 g/mol. The molecule has 0 saturated carbocycles. The van der Waals surface area contributed by atoms with Gasteiger partial charge in [-0.25, -0.2) is 0 Å². The van der Waals surface area contributed by atoms with Crippen molar-refractivity contribution in [2.45, 2.75) is 26.6 Å². The van der Waals surface area contributed by atoms with Crippen LogP contribution in [0.4, 0.5) is 4.79 Å². The maximum atomic E-state index is 12.7. The van der Waals surface area contributed by atoms with E-state index in [1.807, 2.05) is 42.5 Å². The van der Waals surface area contributed by atoms with Gasteiger partial charge < -0.3 is 14.2 Å². The van der Waals surface area contributed by atoms with E-state index < -0.39 is 23.7 Å². The molecule has 1 aliphatic rings. The van der Waals surface area contributed by atoms with Crippen molar-refractivity contribution in [3.63, 3.8) is 0 Å². The molecule has 0 aromatic heterocycles. The smallest absolute Gasteiger partial charge is 0.326 e. The molecule has 1 aliphatic heterocycles. The molecular formula is C27H24ClNO6S. The first-order valence-electron chi connectivity index (χ1n) is 11.2. The zero-order valence-corrected chi connectivity index (χ0v) is 21.5. The zero-order valence-electron chi connectivity index (χ0n) is 19.9. The zero-order chi connectivity index (χ0) is 25.8. The van der Waals surface area contributed by atoms with Crippen LogP contribution in [-0.2, 0) is 20.9 Å². The molecule has 0 bridgehead atoms. The summed E-state index contributed by atoms with van der Waals surface area (Å²) in [6, 6.07) is 17.3. The molecule has 0 unspecified atom stereocenters. The first kappa shape index (κ1) is 25.6. The average Bonchev–Trinajstić information content (AvgIpc) is 3.09. The second kappa shape index (κ2) is 11.1. The highest BCUT2D eigenvalue weighted by molar-refractivity contribution is 8.18. The summed E-state index contributed by atoms with van der Waals surface area (Å²) in [6.45, 7) is 3.23. The number of thioether (sulfide) groups is 1. The Bertz CT molecular complexity index is 1360. The van der Waals surface area contributed by atoms with Crippen molar-refractivity contribution in [2.75, 3.05) is 13.7 Å². The van der Waals surface area contributed by atoms with Gasteiger partial charge in [-0.2, -0.15) is 0 Å². The molecule has 7 nitrogen and oxygen atoms in total. The van der Waals surface area contributed by atoms with E-state index in [1.54, 1.807) is 26.0 Å². The molecule has 3 aromatic carbocycles. The Balaban J connectivity index is 1.53. The molecule has 1 heterocycles. The van der Waals surface area contributed by atoms with Gasteiger partial charge in [-0.05, 0) is 65.7 Å². The second-order valence-corrected chi connectivity index (χ2v) is 9.67. The number of hydrogen-bond acceptors (Lipinski definition) is 7. The number of nitrogens with zero attached hydrogens (tertiary/aromatic N) is 1. The van der Waals surface area contributed by atoms with E-state index in [4.69, 9.17) is 25.8 Å². The fourth-order valence-corrected chi connectivity index (χ4v) is 4.86. The third-order valence-corrected chi connectivity index (χ3v) is 6.52. The van der Waals surface area contributed by atoms with Crippen LogP contribution in [0.2, 0.25) is 5.02 Å². The summed E-state index contributed by atoms with van der Waals surface area (Å²) in [7, 11) is 1.49. The normalized spacial score (nSPS) is 14.7. The molecule has 0 radical (unpaired) electrons. The van der Waals surface area contributed by atoms with Crippen LogP contribution in [0.25, 0.3) is 16.8 Å². The van der Waals surface area contributed by atoms with Gasteiger partial charge in [0, 0.05) is 0 Å². The van der Waals surface area contributed by atoms with Gasteiger partial charge in [0.15, 0.2) is 11.5 Å². The van der Waals surface area contributed by atoms with Crippen LogP contribution in [0.5, 0.6) is 11.5 Å². The first-order chi connectivity index (χ1) is 17.3. The van der Waals surface area contributed by atoms with E-state index >= 15 is 0 Å². The van der Waals surface area contributed by atoms with Crippen molar-refractivity contribution in [3.05, 3.63) is 75.7 Å². The van der Waals surface area contributed by atoms with Crippen molar-refractivity contribution < 1.29 is 28.6 Å². The van der Waals surface area contributed by atoms with Crippen molar-refractivity contribution in [1.82, 2.24) is 4.90 Å². The number of imide groups is 1. The van der Waals surface area contributed by atoms with Crippen molar-refractivity contribution in [3.8, 4) is 11.5 Å². The number of benzene rings is 3. The molecule has 0 aliphatic carbocycles. The summed E-state index contributed by atoms with van der Waals surface area (Å²) in [5.74, 6) is -0.467. The van der Waals surface area contributed by atoms with E-state index in [9.17, 15) is 14.4 Å². The van der Waals surface area contributed by atoms with Crippen molar-refractivity contribution in [2.24, 2.45) is 0 Å². The summed E-state index contributed by atoms with van der Waals surface area (Å²) in [6.07, 6.45) is 1.19. The Morgan fingerprint density at radius 3 is 2.61 bits per heavy atom. The number of carbonyl (C=O) groups is 3. The number of halogens is 1. The van der Waals surface area contributed by atoms with Gasteiger partial charge in [-0.3, -0.25) is 19.3 Å². The maximum Gasteiger partial charge on any atom is 0.326 e. The molecule has 1 fully saturated rings. The van der Waals surface area contributed by atoms with Gasteiger partial charge in [-0.15, -0.1) is 0 Å². The Morgan fingerprint density at radius 2 is 1.86 bits per heavy atom. The number of methoxy groups -OCH3 is 1. The highest BCUT2D eigenvalue weighted by Gasteiger charge is 2.37. The number of ether oxygens (including phenoxy) is 3. The molecule has 4 rings (SSSR count). The predicted octanol–water partition coefficient (Wildman–Crippen LogP) is 6.07. The Labute approximate surface area is 218 Å². The van der Waals surface area contributed by atoms with Gasteiger partial charge in [-0.1, -0.05) is 54.1 Å². The fourth-order valence-electron chi connectivity index (χ4n) is 3.75. The number of carbonyl (C=O) groups excluding carboxylic acids is 3. The van der Waals surface area contributed by atoms with Gasteiger partial charge in [0.1, 0.15) is 13.2 Å². The topological polar surface area (TPSA) is 82.1 Å². The van der Waals surface area contributed by atoms with Gasteiger partial charge in [0.05, 0.1) is 23.1 Å². The predicted molar refractivity (Wildman–Crippen MR) is 140 cm³/mol. The van der Waals surface area contributed by atoms with Crippen molar-refractivity contribution >= 4 is 57.3 Å². The van der Waals surface area contributed by atoms with Gasteiger partial charge in [0.2, 0.25) is 0 Å². The molecule has 0 N–H and O–H groups in total. The minimum atomic E-state index is -0.647. The van der Waals surface area contributed by atoms with E-state index in [0.29, 0.717) is 22.1 Å². The summed E-state index contributed by atoms with van der Waals surface area (Å²) in [5, 5.41) is 1.94. The minimum absolute atomic E-state index is 0.167. The highest BCUT2D eigenvalue weighted by atomic mass is 35.5. The van der Waals surface area contributed by atoms with E-state index in [2.05, 4.69) is 0 Å². The maximum absolute atomic E-state index is 12.7. The summed E-state index contributed by atoms with van der Waals surface area (Å²) in [5.41, 5.74) is 1.55. The molecule has 0 spiro atoms. The molecule has 9 heteroatoms. The molecule has 186 valence electrons. The van der Waals surface area contributed by atoms with E-state index in [0.717, 1.165) is 33.0 Å². The SMILES string of the molecule is COc1cc(/C=C2\SC(=O)N(CC(=O)OC(C)C)C2=O)cc(Cl)c1OCc1cccc2ccccc12. The lowest BCUT2D eigenvalue weighted by atomic mass is 10.1. The number of rotatable bonds is 8. The van der Waals surface area contributed by atoms with Crippen LogP contribution in [0.15, 0.2) is 59.5 Å². The first-order valence-corrected chi connectivity index (χ1v) is 12.4. The molecule has 0 atom stereocenters. The van der Waals surface area contributed by atoms with Crippen LogP contribution in [0.3, 0.4) is 0 Å². The van der Waals surface area contributed by atoms with Crippen LogP contribution >= 0.6 is 23.4 Å². The summed E-state index contributed by atoms with van der Waals surface area (Å²) in [4.78, 5) is 38.0. The fraction of sp³-hybridized carbons (Fsp3) is 0.222. The van der Waals surface area contributed by atoms with Crippen LogP contribution in [0.1, 0.15) is 25.0 Å². The standard InChI is InChI=1S/C27H24ClNO6S/c1-16(2)35-24(30)14-29-26(31)23(36-27(29)32)13-17-11-21(28)25(22(12-17)33-3)34-15-19-9-6-8-18-7-4-5-10-20(18)19/h4-13,16H,14-15H2,1-3H3/b23-13-. The Hall–Kier alpha value is -3.49.